The van der Waals surface area contributed by atoms with Crippen molar-refractivity contribution in [3.8, 4) is 0 Å². The number of hydrogen-bond acceptors (Lipinski definition) is 5. The predicted octanol–water partition coefficient (Wildman–Crippen LogP) is 1.16. The Morgan fingerprint density at radius 3 is 2.93 bits per heavy atom. The Bertz CT molecular complexity index is 316. The molecule has 0 spiro atoms. The molecule has 0 aromatic carbocycles. The molecular formula is C8H11N2O4+. The molecule has 1 aliphatic rings. The highest BCUT2D eigenvalue weighted by molar-refractivity contribution is 5.78. The zero-order valence-corrected chi connectivity index (χ0v) is 7.93. The summed E-state index contributed by atoms with van der Waals surface area (Å²) in [5, 5.41) is 17.1. The first-order valence-electron chi connectivity index (χ1n) is 4.04. The van der Waals surface area contributed by atoms with Crippen LogP contribution >= 0.6 is 0 Å². The Balaban J connectivity index is 2.73. The summed E-state index contributed by atoms with van der Waals surface area (Å²) in [6.45, 7) is 3.78. The van der Waals surface area contributed by atoms with E-state index in [1.54, 1.807) is 13.8 Å². The number of carbonyl (C=O) groups is 1. The van der Waals surface area contributed by atoms with Gasteiger partial charge in [0, 0.05) is 5.41 Å². The molecule has 1 heterocycles. The van der Waals surface area contributed by atoms with E-state index in [4.69, 9.17) is 20.0 Å². The molecule has 14 heavy (non-hydrogen) atoms. The van der Waals surface area contributed by atoms with Crippen LogP contribution in [0.15, 0.2) is 12.1 Å². The maximum atomic E-state index is 11.2. The molecule has 1 N–H and O–H groups in total. The van der Waals surface area contributed by atoms with E-state index in [1.165, 1.54) is 0 Å². The molecule has 0 bridgehead atoms. The summed E-state index contributed by atoms with van der Waals surface area (Å²) in [7, 11) is 0. The topological polar surface area (TPSA) is 83.9 Å². The van der Waals surface area contributed by atoms with Gasteiger partial charge in [-0.2, -0.15) is 0 Å². The van der Waals surface area contributed by atoms with Gasteiger partial charge in [0.25, 0.3) is 0 Å². The second-order valence-corrected chi connectivity index (χ2v) is 3.68. The lowest BCUT2D eigenvalue weighted by Crippen LogP contribution is -2.32. The second-order valence-electron chi connectivity index (χ2n) is 3.68. The maximum Gasteiger partial charge on any atom is 0.429 e. The monoisotopic (exact) mass is 199 g/mol. The summed E-state index contributed by atoms with van der Waals surface area (Å²) in [6.07, 6.45) is -0.178. The average molecular weight is 199 g/mol. The van der Waals surface area contributed by atoms with Crippen molar-refractivity contribution in [2.24, 2.45) is 5.41 Å². The normalized spacial score (nSPS) is 25.4. The molecular weight excluding hydrogens is 188 g/mol. The number of rotatable bonds is 2. The second kappa shape index (κ2) is 3.54. The molecule has 0 aliphatic carbocycles. The van der Waals surface area contributed by atoms with E-state index >= 15 is 0 Å². The van der Waals surface area contributed by atoms with Gasteiger partial charge in [-0.25, -0.2) is 4.79 Å². The third-order valence-corrected chi connectivity index (χ3v) is 1.92. The lowest BCUT2D eigenvalue weighted by Gasteiger charge is -2.20. The number of ether oxygens (including phenoxy) is 2. The number of aliphatic hydroxyl groups excluding tert-OH is 1. The van der Waals surface area contributed by atoms with E-state index in [1.807, 2.05) is 0 Å². The van der Waals surface area contributed by atoms with Crippen LogP contribution in [-0.4, -0.2) is 23.8 Å². The Kier molecular flexibility index (Phi) is 2.60. The molecule has 0 radical (unpaired) electrons. The van der Waals surface area contributed by atoms with Crippen molar-refractivity contribution in [1.82, 2.24) is 0 Å². The lowest BCUT2D eigenvalue weighted by molar-refractivity contribution is -0.148. The number of esters is 1. The van der Waals surface area contributed by atoms with Gasteiger partial charge in [-0.15, -0.1) is 0 Å². The Hall–Kier alpha value is -1.77. The highest BCUT2D eigenvalue weighted by Gasteiger charge is 2.46. The van der Waals surface area contributed by atoms with Gasteiger partial charge in [-0.05, 0) is 0 Å². The van der Waals surface area contributed by atoms with Crippen molar-refractivity contribution in [3.63, 3.8) is 0 Å². The minimum absolute atomic E-state index is 0.236. The van der Waals surface area contributed by atoms with Crippen LogP contribution in [0.3, 0.4) is 0 Å². The van der Waals surface area contributed by atoms with E-state index in [2.05, 4.69) is 4.98 Å². The SMILES string of the molecule is CC1(C)COC(=O)[C@@H]1O/C(O)=C/[N+]#N. The van der Waals surface area contributed by atoms with E-state index in [0.29, 0.717) is 6.20 Å². The van der Waals surface area contributed by atoms with Crippen molar-refractivity contribution >= 4 is 5.97 Å². The fraction of sp³-hybridized carbons (Fsp3) is 0.625. The first-order chi connectivity index (χ1) is 6.47. The van der Waals surface area contributed by atoms with Gasteiger partial charge in [0.2, 0.25) is 11.5 Å². The number of diazo groups is 1. The van der Waals surface area contributed by atoms with Crippen molar-refractivity contribution in [1.29, 1.82) is 5.39 Å². The molecule has 1 atom stereocenters. The van der Waals surface area contributed by atoms with Gasteiger partial charge >= 0.3 is 18.1 Å². The van der Waals surface area contributed by atoms with E-state index in [9.17, 15) is 4.79 Å². The summed E-state index contributed by atoms with van der Waals surface area (Å²) in [5.74, 6) is -1.16. The van der Waals surface area contributed by atoms with Crippen molar-refractivity contribution in [3.05, 3.63) is 17.1 Å². The first kappa shape index (κ1) is 10.3. The van der Waals surface area contributed by atoms with Crippen LogP contribution < -0.4 is 0 Å². The maximum absolute atomic E-state index is 11.2. The molecule has 0 amide bonds. The van der Waals surface area contributed by atoms with Crippen LogP contribution in [0.4, 0.5) is 0 Å². The van der Waals surface area contributed by atoms with Crippen molar-refractivity contribution in [2.45, 2.75) is 20.0 Å². The molecule has 0 aromatic heterocycles. The van der Waals surface area contributed by atoms with Gasteiger partial charge in [0.1, 0.15) is 6.61 Å². The summed E-state index contributed by atoms with van der Waals surface area (Å²) in [6, 6.07) is 0. The molecule has 1 aliphatic heterocycles. The molecule has 6 nitrogen and oxygen atoms in total. The molecule has 76 valence electrons. The molecule has 1 saturated heterocycles. The van der Waals surface area contributed by atoms with E-state index < -0.39 is 23.4 Å². The van der Waals surface area contributed by atoms with Crippen LogP contribution in [0.5, 0.6) is 0 Å². The molecule has 6 heteroatoms. The number of aliphatic hydroxyl groups is 1. The molecule has 1 fully saturated rings. The van der Waals surface area contributed by atoms with Gasteiger partial charge < -0.3 is 14.6 Å². The fourth-order valence-corrected chi connectivity index (χ4v) is 1.14. The third kappa shape index (κ3) is 1.93. The largest absolute Gasteiger partial charge is 0.476 e. The van der Waals surface area contributed by atoms with Crippen molar-refractivity contribution < 1.29 is 19.4 Å². The van der Waals surface area contributed by atoms with Crippen LogP contribution in [0, 0.1) is 10.8 Å². The summed E-state index contributed by atoms with van der Waals surface area (Å²) in [4.78, 5) is 13.7. The molecule has 0 unspecified atom stereocenters. The number of cyclic esters (lactones) is 1. The smallest absolute Gasteiger partial charge is 0.429 e. The Morgan fingerprint density at radius 1 is 1.86 bits per heavy atom. The third-order valence-electron chi connectivity index (χ3n) is 1.92. The standard InChI is InChI=1S/C8H10N2O4/c1-8(2)4-13-7(12)6(8)14-5(11)3-10-9/h3,6H,4H2,1-2H3/p+1/b5-3+/t6-/m0/s1. The Labute approximate surface area is 80.7 Å². The molecule has 0 saturated carbocycles. The summed E-state index contributed by atoms with van der Waals surface area (Å²) < 4.78 is 9.63. The number of nitrogens with zero attached hydrogens (tertiary/aromatic N) is 2. The first-order valence-corrected chi connectivity index (χ1v) is 4.04. The fourth-order valence-electron chi connectivity index (χ4n) is 1.14. The summed E-state index contributed by atoms with van der Waals surface area (Å²) in [5.41, 5.74) is -0.506. The van der Waals surface area contributed by atoms with Crippen LogP contribution in [-0.2, 0) is 14.3 Å². The van der Waals surface area contributed by atoms with E-state index in [-0.39, 0.29) is 6.61 Å². The highest BCUT2D eigenvalue weighted by Crippen LogP contribution is 2.31. The van der Waals surface area contributed by atoms with Gasteiger partial charge in [-0.3, -0.25) is 0 Å². The van der Waals surface area contributed by atoms with Gasteiger partial charge in [0.05, 0.1) is 0 Å². The minimum atomic E-state index is -0.875. The molecule has 1 rings (SSSR count). The zero-order valence-electron chi connectivity index (χ0n) is 7.93. The van der Waals surface area contributed by atoms with Crippen LogP contribution in [0.1, 0.15) is 13.8 Å². The van der Waals surface area contributed by atoms with Crippen LogP contribution in [0.2, 0.25) is 0 Å². The van der Waals surface area contributed by atoms with Gasteiger partial charge in [0.15, 0.2) is 4.98 Å². The lowest BCUT2D eigenvalue weighted by atomic mass is 9.90. The van der Waals surface area contributed by atoms with Crippen molar-refractivity contribution in [2.75, 3.05) is 6.61 Å². The van der Waals surface area contributed by atoms with E-state index in [0.717, 1.165) is 0 Å². The highest BCUT2D eigenvalue weighted by atomic mass is 16.6. The zero-order chi connectivity index (χ0) is 10.8. The van der Waals surface area contributed by atoms with Gasteiger partial charge in [-0.1, -0.05) is 13.8 Å². The minimum Gasteiger partial charge on any atom is -0.476 e. The number of carbonyl (C=O) groups excluding carboxylic acids is 1. The predicted molar refractivity (Wildman–Crippen MR) is 45.4 cm³/mol. The average Bonchev–Trinajstić information content (AvgIpc) is 2.32. The quantitative estimate of drug-likeness (QED) is 0.410. The Morgan fingerprint density at radius 2 is 2.50 bits per heavy atom. The number of hydrogen-bond donors (Lipinski definition) is 1. The molecule has 0 aromatic rings. The summed E-state index contributed by atoms with van der Waals surface area (Å²) >= 11 is 0. The van der Waals surface area contributed by atoms with Crippen LogP contribution in [0.25, 0.3) is 4.98 Å².